The van der Waals surface area contributed by atoms with E-state index in [0.717, 1.165) is 41.4 Å². The standard InChI is InChI=1S/C30H31N3O2/c1-20-16-18-32(19-17-20)25-14-12-24(13-15-25)31-28-27(23-9-5-4-6-10-23)29(34)33(30(28)35)26-11-7-8-21(2)22(26)3/h4-15,20,31H,16-19H2,1-3H3. The second-order valence-electron chi connectivity index (χ2n) is 9.62. The molecule has 0 radical (unpaired) electrons. The van der Waals surface area contributed by atoms with Gasteiger partial charge in [-0.15, -0.1) is 0 Å². The summed E-state index contributed by atoms with van der Waals surface area (Å²) in [5.74, 6) is 0.134. The number of amides is 2. The number of imide groups is 1. The third-order valence-corrected chi connectivity index (χ3v) is 7.25. The Kier molecular flexibility index (Phi) is 6.16. The molecule has 5 nitrogen and oxygen atoms in total. The minimum Gasteiger partial charge on any atom is -0.372 e. The molecular formula is C30H31N3O2. The van der Waals surface area contributed by atoms with Gasteiger partial charge in [0.2, 0.25) is 0 Å². The fourth-order valence-electron chi connectivity index (χ4n) is 4.88. The van der Waals surface area contributed by atoms with Crippen LogP contribution in [-0.2, 0) is 9.59 Å². The summed E-state index contributed by atoms with van der Waals surface area (Å²) < 4.78 is 0. The van der Waals surface area contributed by atoms with E-state index in [0.29, 0.717) is 17.0 Å². The number of anilines is 3. The quantitative estimate of drug-likeness (QED) is 0.474. The van der Waals surface area contributed by atoms with Gasteiger partial charge in [-0.3, -0.25) is 9.59 Å². The van der Waals surface area contributed by atoms with Gasteiger partial charge in [0, 0.05) is 24.5 Å². The number of carbonyl (C=O) groups is 2. The zero-order valence-corrected chi connectivity index (χ0v) is 20.5. The lowest BCUT2D eigenvalue weighted by atomic mass is 9.99. The van der Waals surface area contributed by atoms with Crippen molar-refractivity contribution in [3.63, 3.8) is 0 Å². The Balaban J connectivity index is 1.48. The minimum atomic E-state index is -0.336. The molecule has 0 spiro atoms. The average molecular weight is 466 g/mol. The molecule has 1 N–H and O–H groups in total. The van der Waals surface area contributed by atoms with Crippen molar-refractivity contribution in [1.82, 2.24) is 0 Å². The van der Waals surface area contributed by atoms with Gasteiger partial charge in [0.15, 0.2) is 0 Å². The highest BCUT2D eigenvalue weighted by Gasteiger charge is 2.40. The largest absolute Gasteiger partial charge is 0.372 e. The van der Waals surface area contributed by atoms with Crippen LogP contribution in [0, 0.1) is 19.8 Å². The number of carbonyl (C=O) groups excluding carboxylic acids is 2. The Labute approximate surface area is 207 Å². The maximum atomic E-state index is 13.7. The molecule has 0 atom stereocenters. The highest BCUT2D eigenvalue weighted by atomic mass is 16.2. The summed E-state index contributed by atoms with van der Waals surface area (Å²) in [6.45, 7) is 8.37. The molecule has 2 aliphatic heterocycles. The number of piperidine rings is 1. The predicted octanol–water partition coefficient (Wildman–Crippen LogP) is 5.94. The first kappa shape index (κ1) is 22.9. The van der Waals surface area contributed by atoms with Crippen LogP contribution in [0.25, 0.3) is 5.57 Å². The molecule has 3 aromatic rings. The number of hydrogen-bond donors (Lipinski definition) is 1. The smallest absolute Gasteiger partial charge is 0.282 e. The van der Waals surface area contributed by atoms with Crippen molar-refractivity contribution >= 4 is 34.4 Å². The fraction of sp³-hybridized carbons (Fsp3) is 0.267. The Hall–Kier alpha value is -3.86. The Morgan fingerprint density at radius 3 is 2.17 bits per heavy atom. The maximum absolute atomic E-state index is 13.7. The van der Waals surface area contributed by atoms with Crippen LogP contribution in [0.5, 0.6) is 0 Å². The molecule has 0 unspecified atom stereocenters. The van der Waals surface area contributed by atoms with Gasteiger partial charge < -0.3 is 10.2 Å². The van der Waals surface area contributed by atoms with E-state index >= 15 is 0 Å². The van der Waals surface area contributed by atoms with Gasteiger partial charge in [0.25, 0.3) is 11.8 Å². The predicted molar refractivity (Wildman–Crippen MR) is 142 cm³/mol. The van der Waals surface area contributed by atoms with E-state index in [9.17, 15) is 9.59 Å². The van der Waals surface area contributed by atoms with Gasteiger partial charge in [0.1, 0.15) is 5.70 Å². The van der Waals surface area contributed by atoms with Crippen molar-refractivity contribution in [2.24, 2.45) is 5.92 Å². The molecule has 2 heterocycles. The number of rotatable bonds is 5. The molecule has 0 aromatic heterocycles. The molecule has 0 saturated carbocycles. The van der Waals surface area contributed by atoms with Crippen molar-refractivity contribution in [2.45, 2.75) is 33.6 Å². The third-order valence-electron chi connectivity index (χ3n) is 7.25. The van der Waals surface area contributed by atoms with Gasteiger partial charge >= 0.3 is 0 Å². The van der Waals surface area contributed by atoms with Gasteiger partial charge in [-0.25, -0.2) is 4.90 Å². The second-order valence-corrected chi connectivity index (χ2v) is 9.62. The van der Waals surface area contributed by atoms with Crippen molar-refractivity contribution in [1.29, 1.82) is 0 Å². The topological polar surface area (TPSA) is 52.7 Å². The van der Waals surface area contributed by atoms with Crippen LogP contribution in [0.15, 0.2) is 78.5 Å². The summed E-state index contributed by atoms with van der Waals surface area (Å²) >= 11 is 0. The van der Waals surface area contributed by atoms with Crippen molar-refractivity contribution in [3.8, 4) is 0 Å². The average Bonchev–Trinajstić information content (AvgIpc) is 3.11. The van der Waals surface area contributed by atoms with Gasteiger partial charge in [-0.05, 0) is 79.6 Å². The van der Waals surface area contributed by atoms with E-state index in [1.165, 1.54) is 23.4 Å². The SMILES string of the molecule is Cc1cccc(N2C(=O)C(Nc3ccc(N4CCC(C)CC4)cc3)=C(c3ccccc3)C2=O)c1C. The minimum absolute atomic E-state index is 0.307. The normalized spacial score (nSPS) is 16.9. The molecule has 178 valence electrons. The van der Waals surface area contributed by atoms with E-state index in [1.807, 2.05) is 74.5 Å². The molecule has 0 aliphatic carbocycles. The lowest BCUT2D eigenvalue weighted by Crippen LogP contribution is -2.33. The third kappa shape index (κ3) is 4.34. The number of hydrogen-bond acceptors (Lipinski definition) is 4. The fourth-order valence-corrected chi connectivity index (χ4v) is 4.88. The van der Waals surface area contributed by atoms with E-state index in [4.69, 9.17) is 0 Å². The summed E-state index contributed by atoms with van der Waals surface area (Å²) in [5, 5.41) is 3.29. The molecule has 1 fully saturated rings. The van der Waals surface area contributed by atoms with Crippen LogP contribution in [0.3, 0.4) is 0 Å². The first-order valence-electron chi connectivity index (χ1n) is 12.3. The lowest BCUT2D eigenvalue weighted by molar-refractivity contribution is -0.120. The van der Waals surface area contributed by atoms with Crippen molar-refractivity contribution < 1.29 is 9.59 Å². The Morgan fingerprint density at radius 2 is 1.49 bits per heavy atom. The Bertz CT molecular complexity index is 1290. The first-order chi connectivity index (χ1) is 16.9. The van der Waals surface area contributed by atoms with E-state index in [2.05, 4.69) is 29.3 Å². The maximum Gasteiger partial charge on any atom is 0.282 e. The monoisotopic (exact) mass is 465 g/mol. The zero-order valence-electron chi connectivity index (χ0n) is 20.5. The van der Waals surface area contributed by atoms with Crippen LogP contribution in [0.1, 0.15) is 36.5 Å². The molecule has 3 aromatic carbocycles. The number of aryl methyl sites for hydroxylation is 1. The van der Waals surface area contributed by atoms with Crippen LogP contribution in [0.4, 0.5) is 17.1 Å². The van der Waals surface area contributed by atoms with Gasteiger partial charge in [0.05, 0.1) is 11.3 Å². The summed E-state index contributed by atoms with van der Waals surface area (Å²) in [6.07, 6.45) is 2.41. The molecule has 1 saturated heterocycles. The molecule has 2 amide bonds. The summed E-state index contributed by atoms with van der Waals surface area (Å²) in [5.41, 5.74) is 5.97. The molecule has 35 heavy (non-hydrogen) atoms. The van der Waals surface area contributed by atoms with Gasteiger partial charge in [-0.1, -0.05) is 49.4 Å². The van der Waals surface area contributed by atoms with Crippen LogP contribution in [0.2, 0.25) is 0 Å². The van der Waals surface area contributed by atoms with E-state index in [-0.39, 0.29) is 11.8 Å². The molecule has 5 rings (SSSR count). The molecule has 0 bridgehead atoms. The summed E-state index contributed by atoms with van der Waals surface area (Å²) in [6, 6.07) is 23.3. The molecule has 2 aliphatic rings. The highest BCUT2D eigenvalue weighted by molar-refractivity contribution is 6.46. The van der Waals surface area contributed by atoms with Crippen molar-refractivity contribution in [2.75, 3.05) is 28.2 Å². The van der Waals surface area contributed by atoms with E-state index in [1.54, 1.807) is 0 Å². The highest BCUT2D eigenvalue weighted by Crippen LogP contribution is 2.36. The van der Waals surface area contributed by atoms with Crippen molar-refractivity contribution in [3.05, 3.63) is 95.2 Å². The second kappa shape index (κ2) is 9.41. The number of nitrogens with one attached hydrogen (secondary N) is 1. The first-order valence-corrected chi connectivity index (χ1v) is 12.3. The number of nitrogens with zero attached hydrogens (tertiary/aromatic N) is 2. The Morgan fingerprint density at radius 1 is 0.800 bits per heavy atom. The van der Waals surface area contributed by atoms with Crippen LogP contribution >= 0.6 is 0 Å². The summed E-state index contributed by atoms with van der Waals surface area (Å²) in [4.78, 5) is 31.1. The summed E-state index contributed by atoms with van der Waals surface area (Å²) in [7, 11) is 0. The van der Waals surface area contributed by atoms with Crippen LogP contribution in [-0.4, -0.2) is 24.9 Å². The van der Waals surface area contributed by atoms with Gasteiger partial charge in [-0.2, -0.15) is 0 Å². The van der Waals surface area contributed by atoms with Crippen LogP contribution < -0.4 is 15.1 Å². The van der Waals surface area contributed by atoms with E-state index < -0.39 is 0 Å². The number of benzene rings is 3. The lowest BCUT2D eigenvalue weighted by Gasteiger charge is -2.32. The zero-order chi connectivity index (χ0) is 24.5. The molecular weight excluding hydrogens is 434 g/mol. The molecule has 5 heteroatoms.